The van der Waals surface area contributed by atoms with Crippen LogP contribution in [-0.2, 0) is 0 Å². The molecule has 102 valence electrons. The minimum Gasteiger partial charge on any atom is -0.399 e. The molecule has 1 unspecified atom stereocenters. The minimum absolute atomic E-state index is 0.298. The summed E-state index contributed by atoms with van der Waals surface area (Å²) in [5.41, 5.74) is 8.73. The van der Waals surface area contributed by atoms with Gasteiger partial charge in [-0.2, -0.15) is 0 Å². The summed E-state index contributed by atoms with van der Waals surface area (Å²) in [6.07, 6.45) is 0.997. The summed E-state index contributed by atoms with van der Waals surface area (Å²) in [5, 5.41) is 12.2. The SMILES string of the molecule is CCC(C(C)C)n1nnnc1-c1cc(C)cc(N)c1. The minimum atomic E-state index is 0.298. The highest BCUT2D eigenvalue weighted by atomic mass is 15.5. The van der Waals surface area contributed by atoms with Gasteiger partial charge in [0.15, 0.2) is 5.82 Å². The molecule has 1 heterocycles. The number of benzene rings is 1. The molecule has 0 saturated heterocycles. The lowest BCUT2D eigenvalue weighted by atomic mass is 10.0. The quantitative estimate of drug-likeness (QED) is 0.857. The van der Waals surface area contributed by atoms with Crippen molar-refractivity contribution in [2.24, 2.45) is 5.92 Å². The van der Waals surface area contributed by atoms with Gasteiger partial charge >= 0.3 is 0 Å². The Morgan fingerprint density at radius 2 is 2.00 bits per heavy atom. The summed E-state index contributed by atoms with van der Waals surface area (Å²) in [5.74, 6) is 1.27. The fourth-order valence-corrected chi connectivity index (χ4v) is 2.48. The Morgan fingerprint density at radius 3 is 2.58 bits per heavy atom. The van der Waals surface area contributed by atoms with E-state index in [-0.39, 0.29) is 0 Å². The molecule has 19 heavy (non-hydrogen) atoms. The third kappa shape index (κ3) is 2.75. The number of hydrogen-bond acceptors (Lipinski definition) is 4. The second kappa shape index (κ2) is 5.38. The molecule has 2 rings (SSSR count). The van der Waals surface area contributed by atoms with Crippen molar-refractivity contribution in [3.05, 3.63) is 23.8 Å². The van der Waals surface area contributed by atoms with Crippen molar-refractivity contribution < 1.29 is 0 Å². The van der Waals surface area contributed by atoms with Gasteiger partial charge in [0, 0.05) is 11.3 Å². The maximum absolute atomic E-state index is 5.91. The molecule has 0 radical (unpaired) electrons. The molecular formula is C14H21N5. The first-order valence-corrected chi connectivity index (χ1v) is 6.68. The number of nitrogens with two attached hydrogens (primary N) is 1. The van der Waals surface area contributed by atoms with E-state index in [1.54, 1.807) is 0 Å². The lowest BCUT2D eigenvalue weighted by Crippen LogP contribution is -2.17. The highest BCUT2D eigenvalue weighted by Crippen LogP contribution is 2.27. The van der Waals surface area contributed by atoms with Gasteiger partial charge in [0.25, 0.3) is 0 Å². The zero-order valence-electron chi connectivity index (χ0n) is 12.0. The van der Waals surface area contributed by atoms with Gasteiger partial charge in [-0.1, -0.05) is 20.8 Å². The van der Waals surface area contributed by atoms with Gasteiger partial charge in [0.2, 0.25) is 0 Å². The maximum Gasteiger partial charge on any atom is 0.182 e. The molecule has 0 aliphatic rings. The lowest BCUT2D eigenvalue weighted by molar-refractivity contribution is 0.333. The zero-order valence-corrected chi connectivity index (χ0v) is 12.0. The predicted octanol–water partition coefficient (Wildman–Crippen LogP) is 2.84. The van der Waals surface area contributed by atoms with E-state index < -0.39 is 0 Å². The largest absolute Gasteiger partial charge is 0.399 e. The van der Waals surface area contributed by atoms with Crippen LogP contribution < -0.4 is 5.73 Å². The van der Waals surface area contributed by atoms with Crippen LogP contribution in [0, 0.1) is 12.8 Å². The Bertz CT molecular complexity index is 538. The molecule has 0 bridgehead atoms. The first kappa shape index (κ1) is 13.5. The van der Waals surface area contributed by atoms with E-state index in [1.807, 2.05) is 23.7 Å². The zero-order chi connectivity index (χ0) is 14.0. The van der Waals surface area contributed by atoms with Crippen LogP contribution in [0.3, 0.4) is 0 Å². The third-order valence-corrected chi connectivity index (χ3v) is 3.35. The molecule has 2 aromatic rings. The maximum atomic E-state index is 5.91. The van der Waals surface area contributed by atoms with Gasteiger partial charge in [-0.15, -0.1) is 5.10 Å². The average molecular weight is 259 g/mol. The van der Waals surface area contributed by atoms with E-state index in [2.05, 4.69) is 42.4 Å². The van der Waals surface area contributed by atoms with Crippen molar-refractivity contribution in [1.29, 1.82) is 0 Å². The molecule has 1 aromatic carbocycles. The number of hydrogen-bond donors (Lipinski definition) is 1. The smallest absolute Gasteiger partial charge is 0.182 e. The summed E-state index contributed by atoms with van der Waals surface area (Å²) < 4.78 is 1.92. The molecular weight excluding hydrogens is 238 g/mol. The van der Waals surface area contributed by atoms with Gasteiger partial charge in [0.1, 0.15) is 0 Å². The Labute approximate surface area is 113 Å². The van der Waals surface area contributed by atoms with Crippen molar-refractivity contribution in [3.63, 3.8) is 0 Å². The van der Waals surface area contributed by atoms with Gasteiger partial charge < -0.3 is 5.73 Å². The molecule has 1 aromatic heterocycles. The molecule has 0 aliphatic heterocycles. The Kier molecular flexibility index (Phi) is 3.83. The summed E-state index contributed by atoms with van der Waals surface area (Å²) in [4.78, 5) is 0. The normalized spacial score (nSPS) is 12.9. The highest BCUT2D eigenvalue weighted by molar-refractivity contribution is 5.62. The molecule has 2 N–H and O–H groups in total. The summed E-state index contributed by atoms with van der Waals surface area (Å²) in [7, 11) is 0. The summed E-state index contributed by atoms with van der Waals surface area (Å²) in [6.45, 7) is 8.54. The first-order valence-electron chi connectivity index (χ1n) is 6.68. The second-order valence-corrected chi connectivity index (χ2v) is 5.30. The van der Waals surface area contributed by atoms with Gasteiger partial charge in [0.05, 0.1) is 6.04 Å². The van der Waals surface area contributed by atoms with E-state index in [0.29, 0.717) is 12.0 Å². The average Bonchev–Trinajstić information content (AvgIpc) is 2.77. The molecule has 5 heteroatoms. The van der Waals surface area contributed by atoms with Crippen molar-refractivity contribution in [2.75, 3.05) is 5.73 Å². The molecule has 0 aliphatic carbocycles. The van der Waals surface area contributed by atoms with Crippen LogP contribution in [0.5, 0.6) is 0 Å². The molecule has 5 nitrogen and oxygen atoms in total. The molecule has 0 amide bonds. The molecule has 0 fully saturated rings. The molecule has 1 atom stereocenters. The van der Waals surface area contributed by atoms with Crippen LogP contribution in [0.1, 0.15) is 38.8 Å². The summed E-state index contributed by atoms with van der Waals surface area (Å²) in [6, 6.07) is 6.22. The van der Waals surface area contributed by atoms with Crippen LogP contribution in [0.2, 0.25) is 0 Å². The van der Waals surface area contributed by atoms with Gasteiger partial charge in [-0.05, 0) is 53.5 Å². The predicted molar refractivity (Wildman–Crippen MR) is 76.6 cm³/mol. The monoisotopic (exact) mass is 259 g/mol. The van der Waals surface area contributed by atoms with Crippen molar-refractivity contribution in [1.82, 2.24) is 20.2 Å². The summed E-state index contributed by atoms with van der Waals surface area (Å²) >= 11 is 0. The number of anilines is 1. The highest BCUT2D eigenvalue weighted by Gasteiger charge is 2.20. The standard InChI is InChI=1S/C14H21N5/c1-5-13(9(2)3)19-14(16-17-18-19)11-6-10(4)7-12(15)8-11/h6-9,13H,5,15H2,1-4H3. The van der Waals surface area contributed by atoms with Crippen LogP contribution in [0.25, 0.3) is 11.4 Å². The van der Waals surface area contributed by atoms with Gasteiger partial charge in [-0.25, -0.2) is 4.68 Å². The second-order valence-electron chi connectivity index (χ2n) is 5.30. The number of nitrogens with zero attached hydrogens (tertiary/aromatic N) is 4. The lowest BCUT2D eigenvalue weighted by Gasteiger charge is -2.20. The Balaban J connectivity index is 2.49. The Hall–Kier alpha value is -1.91. The number of tetrazole rings is 1. The number of rotatable bonds is 4. The number of aromatic nitrogens is 4. The third-order valence-electron chi connectivity index (χ3n) is 3.35. The molecule has 0 saturated carbocycles. The van der Waals surface area contributed by atoms with Crippen LogP contribution >= 0.6 is 0 Å². The van der Waals surface area contributed by atoms with Crippen LogP contribution in [-0.4, -0.2) is 20.2 Å². The van der Waals surface area contributed by atoms with Crippen molar-refractivity contribution >= 4 is 5.69 Å². The molecule has 0 spiro atoms. The van der Waals surface area contributed by atoms with Crippen LogP contribution in [0.4, 0.5) is 5.69 Å². The topological polar surface area (TPSA) is 69.6 Å². The van der Waals surface area contributed by atoms with E-state index in [1.165, 1.54) is 0 Å². The number of aryl methyl sites for hydroxylation is 1. The van der Waals surface area contributed by atoms with Crippen molar-refractivity contribution in [2.45, 2.75) is 40.2 Å². The number of nitrogen functional groups attached to an aromatic ring is 1. The Morgan fingerprint density at radius 1 is 1.26 bits per heavy atom. The fraction of sp³-hybridized carbons (Fsp3) is 0.500. The van der Waals surface area contributed by atoms with E-state index in [0.717, 1.165) is 29.1 Å². The van der Waals surface area contributed by atoms with E-state index >= 15 is 0 Å². The van der Waals surface area contributed by atoms with E-state index in [4.69, 9.17) is 5.73 Å². The van der Waals surface area contributed by atoms with E-state index in [9.17, 15) is 0 Å². The van der Waals surface area contributed by atoms with Crippen molar-refractivity contribution in [3.8, 4) is 11.4 Å². The fourth-order valence-electron chi connectivity index (χ4n) is 2.48. The first-order chi connectivity index (χ1) is 9.02. The van der Waals surface area contributed by atoms with Crippen LogP contribution in [0.15, 0.2) is 18.2 Å². The van der Waals surface area contributed by atoms with Gasteiger partial charge in [-0.3, -0.25) is 0 Å².